The first-order valence-corrected chi connectivity index (χ1v) is 7.35. The number of rotatable bonds is 3. The summed E-state index contributed by atoms with van der Waals surface area (Å²) in [5.41, 5.74) is -0.341. The Morgan fingerprint density at radius 3 is 2.68 bits per heavy atom. The molecular weight excluding hydrogens is 292 g/mol. The van der Waals surface area contributed by atoms with E-state index in [0.717, 1.165) is 25.3 Å². The Morgan fingerprint density at radius 1 is 1.23 bits per heavy atom. The summed E-state index contributed by atoms with van der Waals surface area (Å²) in [5.74, 6) is -3.29. The second-order valence-corrected chi connectivity index (χ2v) is 5.98. The lowest BCUT2D eigenvalue weighted by Crippen LogP contribution is -2.47. The van der Waals surface area contributed by atoms with E-state index >= 15 is 0 Å². The highest BCUT2D eigenvalue weighted by atomic mass is 19.2. The molecular formula is C16H17F2NO3. The Bertz CT molecular complexity index is 619. The zero-order valence-corrected chi connectivity index (χ0v) is 12.1. The summed E-state index contributed by atoms with van der Waals surface area (Å²) in [6, 6.07) is 3.10. The largest absolute Gasteiger partial charge is 0.469 e. The maximum absolute atomic E-state index is 13.7. The van der Waals surface area contributed by atoms with Crippen molar-refractivity contribution in [2.24, 2.45) is 17.8 Å². The van der Waals surface area contributed by atoms with Gasteiger partial charge in [0.25, 0.3) is 5.91 Å². The second kappa shape index (κ2) is 5.66. The van der Waals surface area contributed by atoms with E-state index in [9.17, 15) is 18.4 Å². The highest BCUT2D eigenvalue weighted by Gasteiger charge is 2.52. The molecule has 0 aromatic heterocycles. The van der Waals surface area contributed by atoms with Gasteiger partial charge in [0, 0.05) is 6.04 Å². The normalized spacial score (nSPS) is 29.4. The van der Waals surface area contributed by atoms with Crippen LogP contribution < -0.4 is 5.32 Å². The van der Waals surface area contributed by atoms with E-state index in [1.54, 1.807) is 0 Å². The summed E-state index contributed by atoms with van der Waals surface area (Å²) in [6.45, 7) is 0. The number of esters is 1. The lowest BCUT2D eigenvalue weighted by Gasteiger charge is -2.29. The lowest BCUT2D eigenvalue weighted by atomic mass is 9.84. The summed E-state index contributed by atoms with van der Waals surface area (Å²) in [7, 11) is 1.32. The van der Waals surface area contributed by atoms with Crippen LogP contribution in [0.3, 0.4) is 0 Å². The van der Waals surface area contributed by atoms with Crippen LogP contribution in [0.5, 0.6) is 0 Å². The number of hydrogen-bond donors (Lipinski definition) is 1. The van der Waals surface area contributed by atoms with E-state index in [4.69, 9.17) is 4.74 Å². The molecule has 2 aliphatic rings. The number of methoxy groups -OCH3 is 1. The molecule has 4 unspecified atom stereocenters. The Kier molecular flexibility index (Phi) is 3.85. The van der Waals surface area contributed by atoms with Crippen molar-refractivity contribution in [2.75, 3.05) is 7.11 Å². The second-order valence-electron chi connectivity index (χ2n) is 5.98. The van der Waals surface area contributed by atoms with E-state index in [0.29, 0.717) is 0 Å². The molecule has 3 rings (SSSR count). The van der Waals surface area contributed by atoms with Crippen LogP contribution in [0.15, 0.2) is 18.2 Å². The number of hydrogen-bond acceptors (Lipinski definition) is 3. The van der Waals surface area contributed by atoms with E-state index in [1.807, 2.05) is 0 Å². The van der Waals surface area contributed by atoms with Gasteiger partial charge in [0.2, 0.25) is 0 Å². The monoisotopic (exact) mass is 309 g/mol. The van der Waals surface area contributed by atoms with Gasteiger partial charge in [-0.2, -0.15) is 0 Å². The Hall–Kier alpha value is -1.98. The Morgan fingerprint density at radius 2 is 1.95 bits per heavy atom. The standard InChI is InChI=1S/C16H17F2NO3/c1-22-16(21)12-8-5-6-9(7-8)14(12)19-15(20)10-3-2-4-11(17)13(10)18/h2-4,8-9,12,14H,5-7H2,1H3,(H,19,20). The van der Waals surface area contributed by atoms with Gasteiger partial charge >= 0.3 is 5.97 Å². The molecule has 0 aliphatic heterocycles. The summed E-state index contributed by atoms with van der Waals surface area (Å²) in [5, 5.41) is 2.71. The summed E-state index contributed by atoms with van der Waals surface area (Å²) >= 11 is 0. The molecule has 118 valence electrons. The summed E-state index contributed by atoms with van der Waals surface area (Å²) in [6.07, 6.45) is 2.72. The van der Waals surface area contributed by atoms with E-state index in [-0.39, 0.29) is 29.4 Å². The van der Waals surface area contributed by atoms with Crippen LogP contribution in [0.2, 0.25) is 0 Å². The van der Waals surface area contributed by atoms with Crippen molar-refractivity contribution in [1.82, 2.24) is 5.32 Å². The number of carbonyl (C=O) groups excluding carboxylic acids is 2. The average Bonchev–Trinajstić information content (AvgIpc) is 3.10. The molecule has 0 saturated heterocycles. The maximum Gasteiger partial charge on any atom is 0.311 e. The zero-order chi connectivity index (χ0) is 15.9. The molecule has 1 amide bonds. The first kappa shape index (κ1) is 14.9. The molecule has 6 heteroatoms. The molecule has 22 heavy (non-hydrogen) atoms. The van der Waals surface area contributed by atoms with Gasteiger partial charge in [0.1, 0.15) is 0 Å². The number of amides is 1. The third-order valence-electron chi connectivity index (χ3n) is 4.88. The molecule has 0 heterocycles. The molecule has 0 radical (unpaired) electrons. The number of carbonyl (C=O) groups is 2. The first-order valence-electron chi connectivity index (χ1n) is 7.35. The molecule has 1 N–H and O–H groups in total. The number of fused-ring (bicyclic) bond motifs is 2. The average molecular weight is 309 g/mol. The third kappa shape index (κ3) is 2.36. The number of ether oxygens (including phenoxy) is 1. The number of nitrogens with one attached hydrogen (secondary N) is 1. The van der Waals surface area contributed by atoms with Gasteiger partial charge in [0.15, 0.2) is 11.6 Å². The van der Waals surface area contributed by atoms with Crippen LogP contribution in [0.4, 0.5) is 8.78 Å². The van der Waals surface area contributed by atoms with Gasteiger partial charge in [-0.1, -0.05) is 6.07 Å². The van der Waals surface area contributed by atoms with Gasteiger partial charge in [-0.25, -0.2) is 8.78 Å². The molecule has 0 spiro atoms. The van der Waals surface area contributed by atoms with Crippen molar-refractivity contribution in [3.8, 4) is 0 Å². The highest BCUT2D eigenvalue weighted by molar-refractivity contribution is 5.95. The predicted octanol–water partition coefficient (Wildman–Crippen LogP) is 2.28. The van der Waals surface area contributed by atoms with Crippen molar-refractivity contribution in [3.63, 3.8) is 0 Å². The van der Waals surface area contributed by atoms with Crippen LogP contribution in [0.1, 0.15) is 29.6 Å². The van der Waals surface area contributed by atoms with Crippen molar-refractivity contribution < 1.29 is 23.1 Å². The first-order chi connectivity index (χ1) is 10.5. The number of benzene rings is 1. The Balaban J connectivity index is 1.81. The fourth-order valence-electron chi connectivity index (χ4n) is 3.88. The van der Waals surface area contributed by atoms with Gasteiger partial charge < -0.3 is 10.1 Å². The smallest absolute Gasteiger partial charge is 0.311 e. The van der Waals surface area contributed by atoms with Crippen LogP contribution in [-0.2, 0) is 9.53 Å². The summed E-state index contributed by atoms with van der Waals surface area (Å²) < 4.78 is 31.8. The molecule has 4 nitrogen and oxygen atoms in total. The molecule has 4 atom stereocenters. The lowest BCUT2D eigenvalue weighted by molar-refractivity contribution is -0.148. The minimum Gasteiger partial charge on any atom is -0.469 e. The molecule has 2 saturated carbocycles. The molecule has 1 aromatic rings. The van der Waals surface area contributed by atoms with Crippen molar-refractivity contribution in [2.45, 2.75) is 25.3 Å². The SMILES string of the molecule is COC(=O)C1C2CCC(C2)C1NC(=O)c1cccc(F)c1F. The topological polar surface area (TPSA) is 55.4 Å². The van der Waals surface area contributed by atoms with Crippen molar-refractivity contribution in [3.05, 3.63) is 35.4 Å². The van der Waals surface area contributed by atoms with E-state index in [1.165, 1.54) is 19.2 Å². The maximum atomic E-state index is 13.7. The van der Waals surface area contributed by atoms with Crippen LogP contribution >= 0.6 is 0 Å². The molecule has 2 bridgehead atoms. The van der Waals surface area contributed by atoms with Crippen LogP contribution in [0, 0.1) is 29.4 Å². The molecule has 2 aliphatic carbocycles. The highest BCUT2D eigenvalue weighted by Crippen LogP contribution is 2.49. The van der Waals surface area contributed by atoms with Crippen LogP contribution in [0.25, 0.3) is 0 Å². The van der Waals surface area contributed by atoms with Gasteiger partial charge in [-0.3, -0.25) is 9.59 Å². The van der Waals surface area contributed by atoms with Crippen molar-refractivity contribution in [1.29, 1.82) is 0 Å². The van der Waals surface area contributed by atoms with E-state index < -0.39 is 23.5 Å². The third-order valence-corrected chi connectivity index (χ3v) is 4.88. The predicted molar refractivity (Wildman–Crippen MR) is 73.9 cm³/mol. The Labute approximate surface area is 126 Å². The minimum absolute atomic E-state index is 0.190. The van der Waals surface area contributed by atoms with Gasteiger partial charge in [-0.05, 0) is 43.2 Å². The number of halogens is 2. The fraction of sp³-hybridized carbons (Fsp3) is 0.500. The molecule has 2 fully saturated rings. The van der Waals surface area contributed by atoms with Gasteiger partial charge in [-0.15, -0.1) is 0 Å². The van der Waals surface area contributed by atoms with E-state index in [2.05, 4.69) is 5.32 Å². The quantitative estimate of drug-likeness (QED) is 0.872. The van der Waals surface area contributed by atoms with Gasteiger partial charge in [0.05, 0.1) is 18.6 Å². The zero-order valence-electron chi connectivity index (χ0n) is 12.1. The molecule has 1 aromatic carbocycles. The van der Waals surface area contributed by atoms with Crippen LogP contribution in [-0.4, -0.2) is 25.0 Å². The van der Waals surface area contributed by atoms with Crippen molar-refractivity contribution >= 4 is 11.9 Å². The minimum atomic E-state index is -1.17. The summed E-state index contributed by atoms with van der Waals surface area (Å²) in [4.78, 5) is 24.2. The fourth-order valence-corrected chi connectivity index (χ4v) is 3.88.